The van der Waals surface area contributed by atoms with Gasteiger partial charge in [0.15, 0.2) is 0 Å². The fourth-order valence-electron chi connectivity index (χ4n) is 4.07. The number of amides is 1. The number of pyridine rings is 1. The smallest absolute Gasteiger partial charge is 0.407 e. The molecule has 0 spiro atoms. The van der Waals surface area contributed by atoms with Crippen LogP contribution in [0.5, 0.6) is 11.5 Å². The summed E-state index contributed by atoms with van der Waals surface area (Å²) >= 11 is 0. The highest BCUT2D eigenvalue weighted by atomic mass is 16.6. The van der Waals surface area contributed by atoms with E-state index in [0.29, 0.717) is 34.9 Å². The Kier molecular flexibility index (Phi) is 6.24. The maximum atomic E-state index is 12.1. The van der Waals surface area contributed by atoms with Gasteiger partial charge in [-0.3, -0.25) is 0 Å². The lowest BCUT2D eigenvalue weighted by molar-refractivity contribution is 0.0509. The summed E-state index contributed by atoms with van der Waals surface area (Å²) in [6, 6.07) is 9.65. The van der Waals surface area contributed by atoms with Crippen molar-refractivity contribution in [2.24, 2.45) is 0 Å². The van der Waals surface area contributed by atoms with E-state index in [0.717, 1.165) is 24.3 Å². The Bertz CT molecular complexity index is 1250. The third-order valence-electron chi connectivity index (χ3n) is 5.64. The van der Waals surface area contributed by atoms with E-state index in [2.05, 4.69) is 16.3 Å². The number of fused-ring (bicyclic) bond motifs is 1. The monoisotopic (exact) mass is 463 g/mol. The highest BCUT2D eigenvalue weighted by Gasteiger charge is 2.26. The summed E-state index contributed by atoms with van der Waals surface area (Å²) in [5.41, 5.74) is 3.10. The molecule has 1 fully saturated rings. The fourth-order valence-corrected chi connectivity index (χ4v) is 4.07. The van der Waals surface area contributed by atoms with Gasteiger partial charge in [-0.15, -0.1) is 0 Å². The maximum absolute atomic E-state index is 12.1. The predicted octanol–water partition coefficient (Wildman–Crippen LogP) is 3.99. The number of rotatable bonds is 5. The molecule has 34 heavy (non-hydrogen) atoms. The molecule has 1 aliphatic heterocycles. The van der Waals surface area contributed by atoms with Crippen molar-refractivity contribution < 1.29 is 19.0 Å². The lowest BCUT2D eigenvalue weighted by Crippen LogP contribution is -2.40. The van der Waals surface area contributed by atoms with Gasteiger partial charge in [0.1, 0.15) is 28.8 Å². The predicted molar refractivity (Wildman–Crippen MR) is 128 cm³/mol. The second-order valence-corrected chi connectivity index (χ2v) is 9.22. The minimum Gasteiger partial charge on any atom is -0.496 e. The van der Waals surface area contributed by atoms with Crippen LogP contribution in [-0.2, 0) is 4.74 Å². The number of methoxy groups -OCH3 is 2. The average Bonchev–Trinajstić information content (AvgIpc) is 3.43. The summed E-state index contributed by atoms with van der Waals surface area (Å²) in [5, 5.41) is 12.4. The van der Waals surface area contributed by atoms with Gasteiger partial charge in [-0.1, -0.05) is 0 Å². The number of hydrogen-bond acceptors (Lipinski definition) is 7. The largest absolute Gasteiger partial charge is 0.496 e. The molecule has 2 aromatic heterocycles. The van der Waals surface area contributed by atoms with Crippen LogP contribution in [0.25, 0.3) is 16.9 Å². The van der Waals surface area contributed by atoms with Crippen molar-refractivity contribution in [3.05, 3.63) is 42.2 Å². The number of benzene rings is 1. The van der Waals surface area contributed by atoms with Crippen molar-refractivity contribution in [2.75, 3.05) is 32.2 Å². The van der Waals surface area contributed by atoms with Gasteiger partial charge in [-0.05, 0) is 39.3 Å². The number of aromatic nitrogens is 2. The summed E-state index contributed by atoms with van der Waals surface area (Å²) in [6.07, 6.45) is 4.31. The molecule has 1 aliphatic rings. The number of nitrogens with one attached hydrogen (secondary N) is 1. The molecule has 3 heterocycles. The number of hydrogen-bond donors (Lipinski definition) is 1. The van der Waals surface area contributed by atoms with Gasteiger partial charge in [0.05, 0.1) is 31.5 Å². The lowest BCUT2D eigenvalue weighted by atomic mass is 10.1. The van der Waals surface area contributed by atoms with E-state index in [1.54, 1.807) is 19.2 Å². The Labute approximate surface area is 198 Å². The van der Waals surface area contributed by atoms with Crippen LogP contribution in [0.4, 0.5) is 10.5 Å². The van der Waals surface area contributed by atoms with Crippen molar-refractivity contribution in [1.29, 1.82) is 5.26 Å². The molecule has 178 valence electrons. The summed E-state index contributed by atoms with van der Waals surface area (Å²) < 4.78 is 18.1. The van der Waals surface area contributed by atoms with Crippen LogP contribution in [0.1, 0.15) is 32.8 Å². The molecule has 9 nitrogen and oxygen atoms in total. The quantitative estimate of drug-likeness (QED) is 0.610. The third-order valence-corrected chi connectivity index (χ3v) is 5.64. The Morgan fingerprint density at radius 1 is 1.21 bits per heavy atom. The van der Waals surface area contributed by atoms with Crippen LogP contribution < -0.4 is 19.7 Å². The van der Waals surface area contributed by atoms with Gasteiger partial charge in [0.2, 0.25) is 0 Å². The molecule has 1 atom stereocenters. The van der Waals surface area contributed by atoms with E-state index in [-0.39, 0.29) is 6.04 Å². The van der Waals surface area contributed by atoms with Crippen LogP contribution in [-0.4, -0.2) is 54.4 Å². The summed E-state index contributed by atoms with van der Waals surface area (Å²) in [6.45, 7) is 7.07. The number of nitrogens with zero attached hydrogens (tertiary/aromatic N) is 4. The Morgan fingerprint density at radius 2 is 1.97 bits per heavy atom. The maximum Gasteiger partial charge on any atom is 0.407 e. The number of carbonyl (C=O) groups is 1. The zero-order valence-corrected chi connectivity index (χ0v) is 20.1. The molecule has 0 radical (unpaired) electrons. The first-order valence-corrected chi connectivity index (χ1v) is 11.1. The summed E-state index contributed by atoms with van der Waals surface area (Å²) in [4.78, 5) is 19.1. The van der Waals surface area contributed by atoms with Crippen LogP contribution in [0, 0.1) is 11.3 Å². The SMILES string of the molecule is COc1cc(OC)c(-c2cn3ccc(N4CCC(NC(=O)OC(C)(C)C)C4)cc3n2)cc1C#N. The van der Waals surface area contributed by atoms with E-state index >= 15 is 0 Å². The topological polar surface area (TPSA) is 101 Å². The van der Waals surface area contributed by atoms with E-state index in [1.807, 2.05) is 49.7 Å². The number of alkyl carbamates (subject to hydrolysis) is 1. The standard InChI is InChI=1S/C25H29N5O4/c1-25(2,3)34-24(31)27-17-6-8-29(14-17)18-7-9-30-15-20(28-23(30)11-18)19-10-16(13-26)21(32-4)12-22(19)33-5/h7,9-12,15,17H,6,8,14H2,1-5H3,(H,27,31). The molecule has 9 heteroatoms. The first-order valence-electron chi connectivity index (χ1n) is 11.1. The molecule has 0 aliphatic carbocycles. The molecule has 1 N–H and O–H groups in total. The molecule has 4 rings (SSSR count). The molecule has 1 saturated heterocycles. The minimum absolute atomic E-state index is 0.0225. The molecule has 3 aromatic rings. The number of ether oxygens (including phenoxy) is 3. The highest BCUT2D eigenvalue weighted by Crippen LogP contribution is 2.36. The van der Waals surface area contributed by atoms with Crippen molar-refractivity contribution in [3.63, 3.8) is 0 Å². The molecular formula is C25H29N5O4. The molecule has 1 aromatic carbocycles. The molecule has 0 saturated carbocycles. The third kappa shape index (κ3) is 4.86. The normalized spacial score (nSPS) is 15.8. The first-order chi connectivity index (χ1) is 16.2. The number of carbonyl (C=O) groups excluding carboxylic acids is 1. The Hall–Kier alpha value is -3.93. The number of imidazole rings is 1. The fraction of sp³-hybridized carbons (Fsp3) is 0.400. The summed E-state index contributed by atoms with van der Waals surface area (Å²) in [7, 11) is 3.10. The van der Waals surface area contributed by atoms with E-state index < -0.39 is 11.7 Å². The zero-order valence-electron chi connectivity index (χ0n) is 20.1. The first kappa shape index (κ1) is 23.2. The van der Waals surface area contributed by atoms with Crippen molar-refractivity contribution in [2.45, 2.75) is 38.8 Å². The highest BCUT2D eigenvalue weighted by molar-refractivity contribution is 5.74. The van der Waals surface area contributed by atoms with Gasteiger partial charge < -0.3 is 28.8 Å². The van der Waals surface area contributed by atoms with E-state index in [9.17, 15) is 10.1 Å². The second kappa shape index (κ2) is 9.14. The molecule has 1 amide bonds. The molecule has 0 bridgehead atoms. The van der Waals surface area contributed by atoms with Gasteiger partial charge in [0, 0.05) is 48.9 Å². The second-order valence-electron chi connectivity index (χ2n) is 9.22. The summed E-state index contributed by atoms with van der Waals surface area (Å²) in [5.74, 6) is 1.04. The van der Waals surface area contributed by atoms with Gasteiger partial charge in [-0.2, -0.15) is 5.26 Å². The Balaban J connectivity index is 1.55. The van der Waals surface area contributed by atoms with Gasteiger partial charge in [0.25, 0.3) is 0 Å². The van der Waals surface area contributed by atoms with Crippen LogP contribution in [0.15, 0.2) is 36.7 Å². The van der Waals surface area contributed by atoms with Gasteiger partial charge in [-0.25, -0.2) is 9.78 Å². The van der Waals surface area contributed by atoms with Crippen molar-refractivity contribution in [3.8, 4) is 28.8 Å². The number of anilines is 1. The van der Waals surface area contributed by atoms with Crippen LogP contribution >= 0.6 is 0 Å². The van der Waals surface area contributed by atoms with Crippen molar-refractivity contribution >= 4 is 17.4 Å². The number of nitriles is 1. The van der Waals surface area contributed by atoms with Crippen LogP contribution in [0.3, 0.4) is 0 Å². The Morgan fingerprint density at radius 3 is 2.65 bits per heavy atom. The van der Waals surface area contributed by atoms with Gasteiger partial charge >= 0.3 is 6.09 Å². The average molecular weight is 464 g/mol. The lowest BCUT2D eigenvalue weighted by Gasteiger charge is -2.22. The molecular weight excluding hydrogens is 434 g/mol. The van der Waals surface area contributed by atoms with Crippen molar-refractivity contribution in [1.82, 2.24) is 14.7 Å². The zero-order chi connectivity index (χ0) is 24.5. The molecule has 1 unspecified atom stereocenters. The minimum atomic E-state index is -0.521. The van der Waals surface area contributed by atoms with E-state index in [1.165, 1.54) is 7.11 Å². The van der Waals surface area contributed by atoms with Crippen LogP contribution in [0.2, 0.25) is 0 Å². The van der Waals surface area contributed by atoms with E-state index in [4.69, 9.17) is 19.2 Å².